The molecule has 6 rings (SSSR count). The number of hydrogen-bond acceptors (Lipinski definition) is 4. The Morgan fingerprint density at radius 3 is 2.77 bits per heavy atom. The molecule has 5 atom stereocenters. The molecule has 0 aromatic heterocycles. The normalized spacial score (nSPS) is 40.2. The highest BCUT2D eigenvalue weighted by Crippen LogP contribution is 2.68. The van der Waals surface area contributed by atoms with Crippen LogP contribution in [0.5, 0.6) is 0 Å². The summed E-state index contributed by atoms with van der Waals surface area (Å²) in [5.74, 6) is 0.626. The average Bonchev–Trinajstić information content (AvgIpc) is 3.26. The monoisotopic (exact) mass is 416 g/mol. The zero-order valence-electron chi connectivity index (χ0n) is 18.1. The van der Waals surface area contributed by atoms with E-state index >= 15 is 0 Å². The highest BCUT2D eigenvalue weighted by Gasteiger charge is 2.66. The van der Waals surface area contributed by atoms with Crippen LogP contribution in [0, 0.1) is 17.3 Å². The number of rotatable bonds is 2. The Morgan fingerprint density at radius 2 is 1.97 bits per heavy atom. The largest absolute Gasteiger partial charge is 0.419 e. The van der Waals surface area contributed by atoms with E-state index in [1.54, 1.807) is 30.3 Å². The summed E-state index contributed by atoms with van der Waals surface area (Å²) in [5, 5.41) is 0. The van der Waals surface area contributed by atoms with Gasteiger partial charge < -0.3 is 9.47 Å². The van der Waals surface area contributed by atoms with Crippen molar-refractivity contribution in [1.29, 1.82) is 0 Å². The van der Waals surface area contributed by atoms with Gasteiger partial charge in [0.05, 0.1) is 11.2 Å². The van der Waals surface area contributed by atoms with E-state index in [0.717, 1.165) is 24.8 Å². The second-order valence-electron chi connectivity index (χ2n) is 10.3. The molecule has 31 heavy (non-hydrogen) atoms. The molecule has 4 nitrogen and oxygen atoms in total. The number of ketones is 1. The van der Waals surface area contributed by atoms with Crippen molar-refractivity contribution in [3.05, 3.63) is 71.0 Å². The lowest BCUT2D eigenvalue weighted by atomic mass is 9.58. The quantitative estimate of drug-likeness (QED) is 0.484. The molecule has 3 aliphatic carbocycles. The lowest BCUT2D eigenvalue weighted by molar-refractivity contribution is -0.128. The molecule has 2 saturated heterocycles. The minimum atomic E-state index is -0.623. The highest BCUT2D eigenvalue weighted by molar-refractivity contribution is 6.07. The van der Waals surface area contributed by atoms with E-state index < -0.39 is 11.6 Å². The molecule has 5 unspecified atom stereocenters. The Labute approximate surface area is 183 Å². The van der Waals surface area contributed by atoms with Gasteiger partial charge in [0, 0.05) is 5.57 Å². The van der Waals surface area contributed by atoms with Crippen LogP contribution in [-0.4, -0.2) is 23.0 Å². The maximum absolute atomic E-state index is 12.8. The fraction of sp³-hybridized carbons (Fsp3) is 0.481. The third kappa shape index (κ3) is 2.46. The van der Waals surface area contributed by atoms with Gasteiger partial charge in [-0.3, -0.25) is 4.79 Å². The molecule has 0 N–H and O–H groups in total. The third-order valence-corrected chi connectivity index (χ3v) is 9.02. The minimum absolute atomic E-state index is 0.167. The second kappa shape index (κ2) is 6.29. The molecule has 160 valence electrons. The van der Waals surface area contributed by atoms with Crippen LogP contribution in [0.4, 0.5) is 0 Å². The summed E-state index contributed by atoms with van der Waals surface area (Å²) in [6, 6.07) is 8.84. The van der Waals surface area contributed by atoms with E-state index in [2.05, 4.69) is 19.9 Å². The van der Waals surface area contributed by atoms with Gasteiger partial charge in [-0.25, -0.2) is 4.79 Å². The van der Waals surface area contributed by atoms with Crippen molar-refractivity contribution in [2.45, 2.75) is 63.6 Å². The van der Waals surface area contributed by atoms with Crippen LogP contribution in [0.3, 0.4) is 0 Å². The van der Waals surface area contributed by atoms with Crippen LogP contribution in [0.1, 0.15) is 62.7 Å². The Balaban J connectivity index is 1.42. The van der Waals surface area contributed by atoms with Crippen molar-refractivity contribution in [3.63, 3.8) is 0 Å². The SMILES string of the molecule is CC1CCC2C34CCC5(C=CC(=O)C(OC(=O)c6ccccc6)=C5CC3=CCC12C)O4. The summed E-state index contributed by atoms with van der Waals surface area (Å²) in [6.45, 7) is 4.82. The first kappa shape index (κ1) is 19.2. The van der Waals surface area contributed by atoms with Crippen molar-refractivity contribution in [2.24, 2.45) is 17.3 Å². The molecule has 0 amide bonds. The lowest BCUT2D eigenvalue weighted by Gasteiger charge is -2.54. The third-order valence-electron chi connectivity index (χ3n) is 9.02. The summed E-state index contributed by atoms with van der Waals surface area (Å²) in [5.41, 5.74) is 1.98. The van der Waals surface area contributed by atoms with E-state index in [4.69, 9.17) is 9.47 Å². The molecule has 2 bridgehead atoms. The van der Waals surface area contributed by atoms with Crippen molar-refractivity contribution >= 4 is 11.8 Å². The molecule has 2 aliphatic heterocycles. The molecule has 1 aromatic carbocycles. The van der Waals surface area contributed by atoms with Crippen LogP contribution in [0.15, 0.2) is 65.5 Å². The molecular weight excluding hydrogens is 388 g/mol. The van der Waals surface area contributed by atoms with Gasteiger partial charge >= 0.3 is 5.97 Å². The highest BCUT2D eigenvalue weighted by atomic mass is 16.6. The summed E-state index contributed by atoms with van der Waals surface area (Å²) in [7, 11) is 0. The summed E-state index contributed by atoms with van der Waals surface area (Å²) in [4.78, 5) is 25.6. The Hall–Kier alpha value is -2.46. The zero-order valence-corrected chi connectivity index (χ0v) is 18.1. The fourth-order valence-electron chi connectivity index (χ4n) is 7.08. The van der Waals surface area contributed by atoms with Gasteiger partial charge in [0.15, 0.2) is 5.76 Å². The van der Waals surface area contributed by atoms with E-state index in [1.807, 2.05) is 12.1 Å². The molecular formula is C27H28O4. The number of esters is 1. The number of allylic oxidation sites excluding steroid dienone is 2. The first-order valence-electron chi connectivity index (χ1n) is 11.5. The number of hydrogen-bond donors (Lipinski definition) is 0. The van der Waals surface area contributed by atoms with Gasteiger partial charge in [-0.2, -0.15) is 0 Å². The zero-order chi connectivity index (χ0) is 21.4. The van der Waals surface area contributed by atoms with E-state index in [0.29, 0.717) is 23.8 Å². The molecule has 2 spiro atoms. The van der Waals surface area contributed by atoms with Crippen molar-refractivity contribution in [2.75, 3.05) is 0 Å². The predicted molar refractivity (Wildman–Crippen MR) is 116 cm³/mol. The Morgan fingerprint density at radius 1 is 1.16 bits per heavy atom. The smallest absolute Gasteiger partial charge is 0.343 e. The maximum Gasteiger partial charge on any atom is 0.343 e. The maximum atomic E-state index is 12.8. The molecule has 2 heterocycles. The fourth-order valence-corrected chi connectivity index (χ4v) is 7.08. The van der Waals surface area contributed by atoms with Crippen molar-refractivity contribution in [1.82, 2.24) is 0 Å². The van der Waals surface area contributed by atoms with Crippen LogP contribution in [0.25, 0.3) is 0 Å². The lowest BCUT2D eigenvalue weighted by Crippen LogP contribution is -2.54. The number of benzene rings is 1. The van der Waals surface area contributed by atoms with E-state index in [1.165, 1.54) is 18.4 Å². The van der Waals surface area contributed by atoms with Crippen LogP contribution in [0.2, 0.25) is 0 Å². The Kier molecular flexibility index (Phi) is 3.90. The Bertz CT molecular complexity index is 1080. The van der Waals surface area contributed by atoms with Crippen LogP contribution >= 0.6 is 0 Å². The van der Waals surface area contributed by atoms with E-state index in [-0.39, 0.29) is 22.6 Å². The number of ether oxygens (including phenoxy) is 2. The van der Waals surface area contributed by atoms with Gasteiger partial charge in [0.25, 0.3) is 0 Å². The molecule has 1 aromatic rings. The number of carbonyl (C=O) groups is 2. The first-order chi connectivity index (χ1) is 14.9. The number of fused-ring (bicyclic) bond motifs is 1. The number of carbonyl (C=O) groups excluding carboxylic acids is 2. The van der Waals surface area contributed by atoms with Gasteiger partial charge in [-0.1, -0.05) is 38.1 Å². The van der Waals surface area contributed by atoms with E-state index in [9.17, 15) is 9.59 Å². The molecule has 0 radical (unpaired) electrons. The predicted octanol–water partition coefficient (Wildman–Crippen LogP) is 5.31. The standard InChI is InChI=1S/C27H28O4/c1-17-8-9-22-25(17,2)12-10-19-16-20-23(30-24(29)18-6-4-3-5-7-18)21(28)11-13-26(20)14-15-27(19,22)31-26/h3-7,10-11,13,17,22H,8-9,12,14-16H2,1-2H3. The van der Waals surface area contributed by atoms with Crippen LogP contribution < -0.4 is 0 Å². The van der Waals surface area contributed by atoms with Gasteiger partial charge in [-0.05, 0) is 85.6 Å². The molecule has 3 fully saturated rings. The van der Waals surface area contributed by atoms with Crippen LogP contribution in [-0.2, 0) is 14.3 Å². The minimum Gasteiger partial charge on any atom is -0.419 e. The van der Waals surface area contributed by atoms with Crippen molar-refractivity contribution in [3.8, 4) is 0 Å². The van der Waals surface area contributed by atoms with Crippen molar-refractivity contribution < 1.29 is 19.1 Å². The topological polar surface area (TPSA) is 52.6 Å². The van der Waals surface area contributed by atoms with Gasteiger partial charge in [0.1, 0.15) is 5.60 Å². The molecule has 4 heteroatoms. The second-order valence-corrected chi connectivity index (χ2v) is 10.3. The first-order valence-corrected chi connectivity index (χ1v) is 11.5. The average molecular weight is 417 g/mol. The van der Waals surface area contributed by atoms with Gasteiger partial charge in [0.2, 0.25) is 5.78 Å². The summed E-state index contributed by atoms with van der Waals surface area (Å²) in [6.07, 6.45) is 11.8. The summed E-state index contributed by atoms with van der Waals surface area (Å²) < 4.78 is 12.8. The molecule has 5 aliphatic rings. The summed E-state index contributed by atoms with van der Waals surface area (Å²) >= 11 is 0. The molecule has 1 saturated carbocycles. The van der Waals surface area contributed by atoms with Gasteiger partial charge in [-0.15, -0.1) is 0 Å².